The Morgan fingerprint density at radius 1 is 1.12 bits per heavy atom. The van der Waals surface area contributed by atoms with E-state index in [1.807, 2.05) is 6.92 Å². The van der Waals surface area contributed by atoms with E-state index < -0.39 is 11.7 Å². The molecular formula is C20H35NO4. The quantitative estimate of drug-likeness (QED) is 0.559. The van der Waals surface area contributed by atoms with Crippen LogP contribution >= 0.6 is 0 Å². The number of esters is 1. The highest BCUT2D eigenvalue weighted by molar-refractivity contribution is 5.86. The Bertz CT molecular complexity index is 556. The summed E-state index contributed by atoms with van der Waals surface area (Å²) >= 11 is 0. The Kier molecular flexibility index (Phi) is 6.03. The minimum atomic E-state index is -0.744. The van der Waals surface area contributed by atoms with Crippen LogP contribution in [0.4, 0.5) is 4.79 Å². The van der Waals surface area contributed by atoms with Gasteiger partial charge < -0.3 is 15.2 Å². The molecule has 1 aliphatic carbocycles. The van der Waals surface area contributed by atoms with E-state index in [4.69, 9.17) is 15.2 Å². The zero-order valence-corrected chi connectivity index (χ0v) is 17.0. The lowest BCUT2D eigenvalue weighted by molar-refractivity contribution is -0.214. The van der Waals surface area contributed by atoms with Gasteiger partial charge in [-0.05, 0) is 43.9 Å². The van der Waals surface area contributed by atoms with Crippen LogP contribution in [0.15, 0.2) is 12.2 Å². The fourth-order valence-corrected chi connectivity index (χ4v) is 4.49. The van der Waals surface area contributed by atoms with Crippen LogP contribution in [0.1, 0.15) is 74.1 Å². The largest absolute Gasteiger partial charge is 0.462 e. The van der Waals surface area contributed by atoms with Crippen molar-refractivity contribution in [3.05, 3.63) is 12.2 Å². The molecule has 0 heterocycles. The van der Waals surface area contributed by atoms with Crippen LogP contribution in [0.2, 0.25) is 0 Å². The van der Waals surface area contributed by atoms with Gasteiger partial charge in [0, 0.05) is 11.0 Å². The van der Waals surface area contributed by atoms with Crippen molar-refractivity contribution < 1.29 is 19.1 Å². The van der Waals surface area contributed by atoms with E-state index in [0.29, 0.717) is 18.6 Å². The molecular weight excluding hydrogens is 318 g/mol. The van der Waals surface area contributed by atoms with Gasteiger partial charge in [-0.25, -0.2) is 9.59 Å². The summed E-state index contributed by atoms with van der Waals surface area (Å²) in [6, 6.07) is 0. The van der Waals surface area contributed by atoms with Gasteiger partial charge in [-0.15, -0.1) is 0 Å². The zero-order chi connectivity index (χ0) is 19.7. The molecule has 144 valence electrons. The molecule has 0 saturated heterocycles. The highest BCUT2D eigenvalue weighted by Crippen LogP contribution is 2.66. The number of hydrogen-bond acceptors (Lipinski definition) is 4. The second kappa shape index (κ2) is 7.00. The fourth-order valence-electron chi connectivity index (χ4n) is 4.49. The van der Waals surface area contributed by atoms with Gasteiger partial charge in [-0.2, -0.15) is 0 Å². The van der Waals surface area contributed by atoms with Crippen LogP contribution in [0.3, 0.4) is 0 Å². The normalized spacial score (nSPS) is 34.2. The van der Waals surface area contributed by atoms with Crippen molar-refractivity contribution in [2.24, 2.45) is 22.0 Å². The van der Waals surface area contributed by atoms with Crippen LogP contribution in [0.25, 0.3) is 0 Å². The molecule has 25 heavy (non-hydrogen) atoms. The Labute approximate surface area is 152 Å². The maximum absolute atomic E-state index is 11.7. The third kappa shape index (κ3) is 3.56. The molecule has 3 atom stereocenters. The molecule has 1 rings (SSSR count). The SMILES string of the molecule is C=C(C)C(=O)OCCC1(C)C(C)(CC)CCC(C)(OC(N)=O)C1(C)C. The van der Waals surface area contributed by atoms with Gasteiger partial charge >= 0.3 is 12.1 Å². The lowest BCUT2D eigenvalue weighted by Crippen LogP contribution is -2.64. The van der Waals surface area contributed by atoms with E-state index in [0.717, 1.165) is 19.3 Å². The molecule has 1 saturated carbocycles. The first-order chi connectivity index (χ1) is 11.3. The molecule has 2 N–H and O–H groups in total. The minimum absolute atomic E-state index is 0.0344. The number of primary amides is 1. The van der Waals surface area contributed by atoms with Crippen molar-refractivity contribution in [2.75, 3.05) is 6.61 Å². The summed E-state index contributed by atoms with van der Waals surface area (Å²) in [5, 5.41) is 0. The molecule has 0 aromatic heterocycles. The van der Waals surface area contributed by atoms with Crippen LogP contribution in [-0.4, -0.2) is 24.3 Å². The Balaban J connectivity index is 3.19. The molecule has 3 unspecified atom stereocenters. The topological polar surface area (TPSA) is 78.6 Å². The Morgan fingerprint density at radius 3 is 2.12 bits per heavy atom. The number of rotatable bonds is 6. The zero-order valence-electron chi connectivity index (χ0n) is 17.0. The minimum Gasteiger partial charge on any atom is -0.462 e. The van der Waals surface area contributed by atoms with Crippen LogP contribution in [-0.2, 0) is 14.3 Å². The maximum Gasteiger partial charge on any atom is 0.405 e. The van der Waals surface area contributed by atoms with Gasteiger partial charge in [-0.3, -0.25) is 0 Å². The van der Waals surface area contributed by atoms with Crippen molar-refractivity contribution >= 4 is 12.1 Å². The summed E-state index contributed by atoms with van der Waals surface area (Å²) < 4.78 is 11.0. The molecule has 0 spiro atoms. The van der Waals surface area contributed by atoms with Crippen LogP contribution in [0.5, 0.6) is 0 Å². The maximum atomic E-state index is 11.7. The van der Waals surface area contributed by atoms with E-state index >= 15 is 0 Å². The Morgan fingerprint density at radius 2 is 1.68 bits per heavy atom. The molecule has 5 heteroatoms. The lowest BCUT2D eigenvalue weighted by atomic mass is 9.41. The number of carbonyl (C=O) groups is 2. The second-order valence-corrected chi connectivity index (χ2v) is 8.69. The predicted octanol–water partition coefficient (Wildman–Crippen LogP) is 4.59. The fraction of sp³-hybridized carbons (Fsp3) is 0.800. The third-order valence-corrected chi connectivity index (χ3v) is 7.48. The van der Waals surface area contributed by atoms with Crippen molar-refractivity contribution in [3.63, 3.8) is 0 Å². The molecule has 1 aliphatic rings. The van der Waals surface area contributed by atoms with Gasteiger partial charge in [-0.1, -0.05) is 47.6 Å². The van der Waals surface area contributed by atoms with Crippen LogP contribution < -0.4 is 5.73 Å². The molecule has 0 radical (unpaired) electrons. The van der Waals surface area contributed by atoms with E-state index in [1.54, 1.807) is 6.92 Å². The van der Waals surface area contributed by atoms with E-state index in [-0.39, 0.29) is 22.2 Å². The van der Waals surface area contributed by atoms with Gasteiger partial charge in [0.05, 0.1) is 6.61 Å². The monoisotopic (exact) mass is 353 g/mol. The molecule has 1 fully saturated rings. The number of ether oxygens (including phenoxy) is 2. The average molecular weight is 354 g/mol. The predicted molar refractivity (Wildman–Crippen MR) is 99.0 cm³/mol. The lowest BCUT2D eigenvalue weighted by Gasteiger charge is -2.65. The van der Waals surface area contributed by atoms with Crippen molar-refractivity contribution in [3.8, 4) is 0 Å². The van der Waals surface area contributed by atoms with Crippen molar-refractivity contribution in [2.45, 2.75) is 79.8 Å². The van der Waals surface area contributed by atoms with Gasteiger partial charge in [0.15, 0.2) is 0 Å². The first-order valence-electron chi connectivity index (χ1n) is 9.07. The average Bonchev–Trinajstić information content (AvgIpc) is 2.49. The molecule has 1 amide bonds. The van der Waals surface area contributed by atoms with Gasteiger partial charge in [0.1, 0.15) is 5.60 Å². The number of carbonyl (C=O) groups excluding carboxylic acids is 2. The van der Waals surface area contributed by atoms with Crippen molar-refractivity contribution in [1.29, 1.82) is 0 Å². The molecule has 0 bridgehead atoms. The molecule has 0 aromatic carbocycles. The molecule has 5 nitrogen and oxygen atoms in total. The summed E-state index contributed by atoms with van der Waals surface area (Å²) in [5.41, 5.74) is 4.55. The van der Waals surface area contributed by atoms with Crippen molar-refractivity contribution in [1.82, 2.24) is 0 Å². The van der Waals surface area contributed by atoms with E-state index in [2.05, 4.69) is 41.2 Å². The number of amides is 1. The molecule has 0 aromatic rings. The number of hydrogen-bond donors (Lipinski definition) is 1. The standard InChI is InChI=1S/C20H35NO4/c1-9-18(6)10-11-20(8,25-16(21)23)17(4,5)19(18,7)12-13-24-15(22)14(2)3/h2,9-13H2,1,3-8H3,(H2,21,23). The number of nitrogens with two attached hydrogens (primary N) is 1. The summed E-state index contributed by atoms with van der Waals surface area (Å²) in [4.78, 5) is 23.2. The van der Waals surface area contributed by atoms with E-state index in [9.17, 15) is 9.59 Å². The first kappa shape index (κ1) is 21.5. The summed E-state index contributed by atoms with van der Waals surface area (Å²) in [7, 11) is 0. The van der Waals surface area contributed by atoms with Gasteiger partial charge in [0.2, 0.25) is 0 Å². The highest BCUT2D eigenvalue weighted by atomic mass is 16.6. The molecule has 0 aliphatic heterocycles. The summed E-state index contributed by atoms with van der Waals surface area (Å²) in [5.74, 6) is -0.369. The van der Waals surface area contributed by atoms with Crippen LogP contribution in [0, 0.1) is 16.2 Å². The third-order valence-electron chi connectivity index (χ3n) is 7.48. The Hall–Kier alpha value is -1.52. The first-order valence-corrected chi connectivity index (χ1v) is 9.07. The van der Waals surface area contributed by atoms with Gasteiger partial charge in [0.25, 0.3) is 0 Å². The van der Waals surface area contributed by atoms with E-state index in [1.165, 1.54) is 0 Å². The highest BCUT2D eigenvalue weighted by Gasteiger charge is 2.64. The smallest absolute Gasteiger partial charge is 0.405 e. The summed E-state index contributed by atoms with van der Waals surface area (Å²) in [6.07, 6.45) is 2.61. The summed E-state index contributed by atoms with van der Waals surface area (Å²) in [6.45, 7) is 18.5. The second-order valence-electron chi connectivity index (χ2n) is 8.69.